The molecule has 0 bridgehead atoms. The van der Waals surface area contributed by atoms with Gasteiger partial charge >= 0.3 is 0 Å². The Morgan fingerprint density at radius 1 is 1.24 bits per heavy atom. The standard InChI is InChI=1S/C16H20N4O/c21-16(17-8-7-15-18-11-19-20-15)10-12-5-6-13-3-1-2-4-14(13)9-12/h5-6,9,11H,1-4,7-8,10H2,(H,17,21)(H,18,19,20). The van der Waals surface area contributed by atoms with Gasteiger partial charge in [-0.1, -0.05) is 18.2 Å². The molecule has 0 atom stereocenters. The lowest BCUT2D eigenvalue weighted by atomic mass is 9.90. The highest BCUT2D eigenvalue weighted by Crippen LogP contribution is 2.22. The van der Waals surface area contributed by atoms with Crippen LogP contribution in [0.5, 0.6) is 0 Å². The number of H-pyrrole nitrogens is 1. The maximum Gasteiger partial charge on any atom is 0.224 e. The molecule has 110 valence electrons. The Morgan fingerprint density at radius 3 is 2.90 bits per heavy atom. The van der Waals surface area contributed by atoms with E-state index in [0.717, 1.165) is 17.8 Å². The van der Waals surface area contributed by atoms with Crippen molar-refractivity contribution in [3.05, 3.63) is 47.0 Å². The minimum atomic E-state index is 0.0604. The maximum atomic E-state index is 12.0. The van der Waals surface area contributed by atoms with E-state index in [9.17, 15) is 4.79 Å². The van der Waals surface area contributed by atoms with Gasteiger partial charge in [0.2, 0.25) is 5.91 Å². The molecule has 0 aliphatic heterocycles. The first-order valence-corrected chi connectivity index (χ1v) is 7.53. The second kappa shape index (κ2) is 6.52. The average Bonchev–Trinajstić information content (AvgIpc) is 3.00. The first-order chi connectivity index (χ1) is 10.3. The van der Waals surface area contributed by atoms with Crippen LogP contribution in [0.1, 0.15) is 35.4 Å². The molecule has 1 aliphatic rings. The number of aromatic amines is 1. The molecule has 1 aromatic carbocycles. The second-order valence-electron chi connectivity index (χ2n) is 5.52. The van der Waals surface area contributed by atoms with E-state index >= 15 is 0 Å². The molecule has 1 aliphatic carbocycles. The number of fused-ring (bicyclic) bond motifs is 1. The van der Waals surface area contributed by atoms with Gasteiger partial charge in [0.1, 0.15) is 12.2 Å². The predicted octanol–water partition coefficient (Wildman–Crippen LogP) is 1.58. The van der Waals surface area contributed by atoms with Crippen molar-refractivity contribution in [2.24, 2.45) is 0 Å². The molecular weight excluding hydrogens is 264 g/mol. The Hall–Kier alpha value is -2.17. The van der Waals surface area contributed by atoms with Crippen molar-refractivity contribution in [1.82, 2.24) is 20.5 Å². The molecule has 0 radical (unpaired) electrons. The monoisotopic (exact) mass is 284 g/mol. The summed E-state index contributed by atoms with van der Waals surface area (Å²) in [6.07, 6.45) is 7.48. The highest BCUT2D eigenvalue weighted by Gasteiger charge is 2.11. The van der Waals surface area contributed by atoms with Crippen LogP contribution in [0.15, 0.2) is 24.5 Å². The normalized spacial score (nSPS) is 13.7. The summed E-state index contributed by atoms with van der Waals surface area (Å²) in [4.78, 5) is 16.0. The molecule has 2 N–H and O–H groups in total. The lowest BCUT2D eigenvalue weighted by molar-refractivity contribution is -0.120. The number of hydrogen-bond donors (Lipinski definition) is 2. The maximum absolute atomic E-state index is 12.0. The van der Waals surface area contributed by atoms with Crippen LogP contribution in [0.2, 0.25) is 0 Å². The van der Waals surface area contributed by atoms with E-state index in [1.54, 1.807) is 0 Å². The first kappa shape index (κ1) is 13.8. The highest BCUT2D eigenvalue weighted by molar-refractivity contribution is 5.78. The number of benzene rings is 1. The minimum Gasteiger partial charge on any atom is -0.355 e. The van der Waals surface area contributed by atoms with Gasteiger partial charge in [0.15, 0.2) is 0 Å². The number of aromatic nitrogens is 3. The van der Waals surface area contributed by atoms with E-state index in [1.165, 1.54) is 36.7 Å². The van der Waals surface area contributed by atoms with Gasteiger partial charge in [-0.25, -0.2) is 4.98 Å². The fraction of sp³-hybridized carbons (Fsp3) is 0.438. The summed E-state index contributed by atoms with van der Waals surface area (Å²) in [5, 5.41) is 9.48. The van der Waals surface area contributed by atoms with Gasteiger partial charge in [-0.2, -0.15) is 5.10 Å². The molecule has 1 amide bonds. The molecule has 21 heavy (non-hydrogen) atoms. The van der Waals surface area contributed by atoms with E-state index in [-0.39, 0.29) is 5.91 Å². The van der Waals surface area contributed by atoms with Gasteiger partial charge in [-0.3, -0.25) is 9.89 Å². The number of nitrogens with zero attached hydrogens (tertiary/aromatic N) is 2. The summed E-state index contributed by atoms with van der Waals surface area (Å²) in [7, 11) is 0. The molecule has 1 aromatic heterocycles. The third kappa shape index (κ3) is 3.68. The molecule has 0 saturated carbocycles. The molecule has 1 heterocycles. The number of nitrogens with one attached hydrogen (secondary N) is 2. The van der Waals surface area contributed by atoms with E-state index in [0.29, 0.717) is 19.4 Å². The number of hydrogen-bond acceptors (Lipinski definition) is 3. The Labute approximate surface area is 124 Å². The van der Waals surface area contributed by atoms with Gasteiger partial charge < -0.3 is 5.32 Å². The summed E-state index contributed by atoms with van der Waals surface area (Å²) in [5.74, 6) is 0.856. The zero-order valence-corrected chi connectivity index (χ0v) is 12.1. The van der Waals surface area contributed by atoms with Crippen LogP contribution in [0.4, 0.5) is 0 Å². The van der Waals surface area contributed by atoms with Crippen LogP contribution in [-0.2, 0) is 30.5 Å². The zero-order valence-electron chi connectivity index (χ0n) is 12.1. The molecule has 0 spiro atoms. The number of aryl methyl sites for hydroxylation is 2. The van der Waals surface area contributed by atoms with Crippen LogP contribution in [0.3, 0.4) is 0 Å². The zero-order chi connectivity index (χ0) is 14.5. The van der Waals surface area contributed by atoms with E-state index in [4.69, 9.17) is 0 Å². The number of amides is 1. The van der Waals surface area contributed by atoms with Crippen LogP contribution in [-0.4, -0.2) is 27.6 Å². The number of carbonyl (C=O) groups is 1. The number of rotatable bonds is 5. The fourth-order valence-electron chi connectivity index (χ4n) is 2.82. The lowest BCUT2D eigenvalue weighted by Crippen LogP contribution is -2.27. The fourth-order valence-corrected chi connectivity index (χ4v) is 2.82. The first-order valence-electron chi connectivity index (χ1n) is 7.53. The Bertz CT molecular complexity index is 607. The molecular formula is C16H20N4O. The van der Waals surface area contributed by atoms with Gasteiger partial charge in [0.05, 0.1) is 6.42 Å². The lowest BCUT2D eigenvalue weighted by Gasteiger charge is -2.16. The number of carbonyl (C=O) groups excluding carboxylic acids is 1. The van der Waals surface area contributed by atoms with E-state index in [2.05, 4.69) is 38.7 Å². The van der Waals surface area contributed by atoms with Crippen molar-refractivity contribution in [3.63, 3.8) is 0 Å². The van der Waals surface area contributed by atoms with Gasteiger partial charge in [-0.05, 0) is 42.4 Å². The van der Waals surface area contributed by atoms with E-state index in [1.807, 2.05) is 0 Å². The van der Waals surface area contributed by atoms with Crippen molar-refractivity contribution in [2.75, 3.05) is 6.54 Å². The SMILES string of the molecule is O=C(Cc1ccc2c(c1)CCCC2)NCCc1ncn[nH]1. The smallest absolute Gasteiger partial charge is 0.224 e. The summed E-state index contributed by atoms with van der Waals surface area (Å²) in [6, 6.07) is 6.47. The Morgan fingerprint density at radius 2 is 2.10 bits per heavy atom. The second-order valence-corrected chi connectivity index (χ2v) is 5.52. The molecule has 5 heteroatoms. The van der Waals surface area contributed by atoms with Crippen LogP contribution >= 0.6 is 0 Å². The van der Waals surface area contributed by atoms with Crippen molar-refractivity contribution >= 4 is 5.91 Å². The molecule has 0 fully saturated rings. The summed E-state index contributed by atoms with van der Waals surface area (Å²) in [6.45, 7) is 0.582. The third-order valence-electron chi connectivity index (χ3n) is 3.93. The summed E-state index contributed by atoms with van der Waals surface area (Å²) in [5.41, 5.74) is 3.98. The average molecular weight is 284 g/mol. The van der Waals surface area contributed by atoms with Gasteiger partial charge in [0, 0.05) is 13.0 Å². The van der Waals surface area contributed by atoms with Crippen molar-refractivity contribution in [2.45, 2.75) is 38.5 Å². The van der Waals surface area contributed by atoms with E-state index < -0.39 is 0 Å². The van der Waals surface area contributed by atoms with Gasteiger partial charge in [-0.15, -0.1) is 0 Å². The van der Waals surface area contributed by atoms with Crippen molar-refractivity contribution in [3.8, 4) is 0 Å². The molecule has 2 aromatic rings. The molecule has 3 rings (SSSR count). The molecule has 0 unspecified atom stereocenters. The molecule has 5 nitrogen and oxygen atoms in total. The van der Waals surface area contributed by atoms with Crippen LogP contribution < -0.4 is 5.32 Å². The van der Waals surface area contributed by atoms with Crippen LogP contribution in [0, 0.1) is 0 Å². The molecule has 0 saturated heterocycles. The predicted molar refractivity (Wildman–Crippen MR) is 79.9 cm³/mol. The van der Waals surface area contributed by atoms with Crippen molar-refractivity contribution in [1.29, 1.82) is 0 Å². The Balaban J connectivity index is 1.50. The summed E-state index contributed by atoms with van der Waals surface area (Å²) < 4.78 is 0. The summed E-state index contributed by atoms with van der Waals surface area (Å²) >= 11 is 0. The van der Waals surface area contributed by atoms with Crippen molar-refractivity contribution < 1.29 is 4.79 Å². The quantitative estimate of drug-likeness (QED) is 0.876. The van der Waals surface area contributed by atoms with Crippen LogP contribution in [0.25, 0.3) is 0 Å². The topological polar surface area (TPSA) is 70.7 Å². The Kier molecular flexibility index (Phi) is 4.28. The largest absolute Gasteiger partial charge is 0.355 e. The minimum absolute atomic E-state index is 0.0604. The highest BCUT2D eigenvalue weighted by atomic mass is 16.1. The van der Waals surface area contributed by atoms with Gasteiger partial charge in [0.25, 0.3) is 0 Å². The third-order valence-corrected chi connectivity index (χ3v) is 3.93.